The van der Waals surface area contributed by atoms with E-state index in [1.807, 2.05) is 24.3 Å². The Morgan fingerprint density at radius 3 is 2.32 bits per heavy atom. The highest BCUT2D eigenvalue weighted by Gasteiger charge is 2.51. The van der Waals surface area contributed by atoms with Crippen molar-refractivity contribution >= 4 is 45.0 Å². The largest absolute Gasteiger partial charge is 0.443 e. The molecule has 1 fully saturated rings. The minimum absolute atomic E-state index is 0.0853. The van der Waals surface area contributed by atoms with Gasteiger partial charge < -0.3 is 14.2 Å². The van der Waals surface area contributed by atoms with Gasteiger partial charge in [-0.05, 0) is 59.2 Å². The van der Waals surface area contributed by atoms with Crippen molar-refractivity contribution < 1.29 is 23.8 Å². The van der Waals surface area contributed by atoms with Crippen LogP contribution in [0.1, 0.15) is 53.5 Å². The van der Waals surface area contributed by atoms with E-state index in [-0.39, 0.29) is 10.4 Å². The van der Waals surface area contributed by atoms with E-state index in [4.69, 9.17) is 19.2 Å². The molecule has 0 spiro atoms. The Morgan fingerprint density at radius 1 is 1.16 bits per heavy atom. The van der Waals surface area contributed by atoms with E-state index in [0.29, 0.717) is 19.6 Å². The van der Waals surface area contributed by atoms with Crippen molar-refractivity contribution in [3.05, 3.63) is 34.3 Å². The summed E-state index contributed by atoms with van der Waals surface area (Å²) in [6.07, 6.45) is -0.977. The van der Waals surface area contributed by atoms with E-state index >= 15 is 0 Å². The molecule has 1 aromatic carbocycles. The lowest BCUT2D eigenvalue weighted by molar-refractivity contribution is 0.0151. The molecule has 3 rings (SSSR count). The number of thioether (sulfide) groups is 1. The molecule has 31 heavy (non-hydrogen) atoms. The van der Waals surface area contributed by atoms with Crippen molar-refractivity contribution in [3.8, 4) is 0 Å². The topological polar surface area (TPSA) is 77.4 Å². The first-order valence-corrected chi connectivity index (χ1v) is 11.8. The lowest BCUT2D eigenvalue weighted by atomic mass is 9.83. The molecule has 0 saturated carbocycles. The summed E-state index contributed by atoms with van der Waals surface area (Å²) in [5.41, 5.74) is -1.16. The van der Waals surface area contributed by atoms with Crippen LogP contribution < -0.4 is 0 Å². The number of amides is 2. The number of aliphatic imine (C=N–C) groups is 1. The summed E-state index contributed by atoms with van der Waals surface area (Å²) < 4.78 is 17.7. The monoisotopic (exact) mass is 512 g/mol. The fourth-order valence-corrected chi connectivity index (χ4v) is 5.19. The summed E-state index contributed by atoms with van der Waals surface area (Å²) in [5.74, 6) is 0. The fraction of sp³-hybridized carbons (Fsp3) is 0.591. The Labute approximate surface area is 196 Å². The van der Waals surface area contributed by atoms with Crippen LogP contribution in [0.15, 0.2) is 33.7 Å². The number of amidine groups is 1. The van der Waals surface area contributed by atoms with Crippen molar-refractivity contribution in [2.24, 2.45) is 4.99 Å². The minimum atomic E-state index is -0.808. The predicted octanol–water partition coefficient (Wildman–Crippen LogP) is 5.71. The molecule has 2 aliphatic heterocycles. The second kappa shape index (κ2) is 8.75. The molecule has 0 aliphatic carbocycles. The van der Waals surface area contributed by atoms with Crippen molar-refractivity contribution in [1.29, 1.82) is 0 Å². The molecule has 2 amide bonds. The SMILES string of the molecule is CC(C)(C)OC(=O)N(C(=O)OC(C)(C)C)C1=N[C@]2(c3cccc(Br)c3)CCOC[C@H]2S1. The number of halogens is 1. The molecule has 0 aromatic heterocycles. The van der Waals surface area contributed by atoms with E-state index < -0.39 is 28.9 Å². The molecule has 2 aliphatic rings. The quantitative estimate of drug-likeness (QED) is 0.479. The zero-order chi connectivity index (χ0) is 23.0. The number of fused-ring (bicyclic) bond motifs is 1. The Balaban J connectivity index is 2.04. The van der Waals surface area contributed by atoms with Crippen LogP contribution in [0, 0.1) is 0 Å². The van der Waals surface area contributed by atoms with Crippen molar-refractivity contribution in [2.45, 2.75) is 70.0 Å². The number of hydrogen-bond donors (Lipinski definition) is 0. The number of rotatable bonds is 1. The number of nitrogens with zero attached hydrogens (tertiary/aromatic N) is 2. The Kier molecular flexibility index (Phi) is 6.79. The normalized spacial score (nSPS) is 23.6. The summed E-state index contributed by atoms with van der Waals surface area (Å²) in [6, 6.07) is 7.95. The molecule has 0 unspecified atom stereocenters. The zero-order valence-electron chi connectivity index (χ0n) is 18.7. The van der Waals surface area contributed by atoms with Gasteiger partial charge in [-0.25, -0.2) is 14.6 Å². The molecule has 2 heterocycles. The van der Waals surface area contributed by atoms with Gasteiger partial charge in [-0.1, -0.05) is 39.8 Å². The van der Waals surface area contributed by atoms with Gasteiger partial charge in [0.25, 0.3) is 0 Å². The van der Waals surface area contributed by atoms with Crippen LogP contribution in [0.25, 0.3) is 0 Å². The average Bonchev–Trinajstić information content (AvgIpc) is 2.98. The summed E-state index contributed by atoms with van der Waals surface area (Å²) >= 11 is 4.88. The first-order valence-electron chi connectivity index (χ1n) is 10.2. The summed E-state index contributed by atoms with van der Waals surface area (Å²) in [4.78, 5) is 32.0. The number of ether oxygens (including phenoxy) is 3. The number of carbonyl (C=O) groups is 2. The van der Waals surface area contributed by atoms with Gasteiger partial charge in [-0.3, -0.25) is 0 Å². The van der Waals surface area contributed by atoms with Crippen molar-refractivity contribution in [1.82, 2.24) is 4.90 Å². The molecule has 0 radical (unpaired) electrons. The number of benzene rings is 1. The maximum absolute atomic E-state index is 13.0. The van der Waals surface area contributed by atoms with Gasteiger partial charge in [-0.2, -0.15) is 4.90 Å². The number of imide groups is 1. The molecule has 7 nitrogen and oxygen atoms in total. The second-order valence-electron chi connectivity index (χ2n) is 9.56. The van der Waals surface area contributed by atoms with E-state index in [1.165, 1.54) is 11.8 Å². The Morgan fingerprint density at radius 2 is 1.77 bits per heavy atom. The van der Waals surface area contributed by atoms with E-state index in [9.17, 15) is 9.59 Å². The lowest BCUT2D eigenvalue weighted by Crippen LogP contribution is -2.45. The highest BCUT2D eigenvalue weighted by molar-refractivity contribution is 9.10. The smallest absolute Gasteiger partial charge is 0.426 e. The van der Waals surface area contributed by atoms with E-state index in [2.05, 4.69) is 15.9 Å². The van der Waals surface area contributed by atoms with Gasteiger partial charge in [0.15, 0.2) is 5.17 Å². The third-order valence-corrected chi connectivity index (χ3v) is 6.43. The van der Waals surface area contributed by atoms with Crippen LogP contribution >= 0.6 is 27.7 Å². The van der Waals surface area contributed by atoms with Crippen LogP contribution in [0.4, 0.5) is 9.59 Å². The van der Waals surface area contributed by atoms with E-state index in [0.717, 1.165) is 14.9 Å². The van der Waals surface area contributed by atoms with Crippen molar-refractivity contribution in [2.75, 3.05) is 13.2 Å². The fourth-order valence-electron chi connectivity index (χ4n) is 3.40. The molecule has 2 atom stereocenters. The van der Waals surface area contributed by atoms with Crippen molar-refractivity contribution in [3.63, 3.8) is 0 Å². The maximum atomic E-state index is 13.0. The number of hydrogen-bond acceptors (Lipinski definition) is 7. The standard InChI is InChI=1S/C22H29BrN2O5S/c1-20(2,3)29-18(26)25(19(27)30-21(4,5)6)17-24-22(10-11-28-13-16(22)31-17)14-8-7-9-15(23)12-14/h7-9,12,16H,10-11,13H2,1-6H3/t16-,22+/m1/s1. The van der Waals surface area contributed by atoms with Gasteiger partial charge in [0, 0.05) is 17.5 Å². The average molecular weight is 513 g/mol. The molecule has 9 heteroatoms. The van der Waals surface area contributed by atoms with Crippen LogP contribution in [0.5, 0.6) is 0 Å². The van der Waals surface area contributed by atoms with Gasteiger partial charge in [0.2, 0.25) is 0 Å². The van der Waals surface area contributed by atoms with Crippen LogP contribution in [0.2, 0.25) is 0 Å². The van der Waals surface area contributed by atoms with Crippen LogP contribution in [-0.4, -0.2) is 51.9 Å². The predicted molar refractivity (Wildman–Crippen MR) is 124 cm³/mol. The summed E-state index contributed by atoms with van der Waals surface area (Å²) in [5, 5.41) is 0.178. The highest BCUT2D eigenvalue weighted by atomic mass is 79.9. The first-order chi connectivity index (χ1) is 14.3. The van der Waals surface area contributed by atoms with E-state index in [1.54, 1.807) is 41.5 Å². The molecule has 170 valence electrons. The number of carbonyl (C=O) groups excluding carboxylic acids is 2. The van der Waals surface area contributed by atoms with Gasteiger partial charge in [-0.15, -0.1) is 0 Å². The third-order valence-electron chi connectivity index (χ3n) is 4.64. The third kappa shape index (κ3) is 5.62. The first kappa shape index (κ1) is 24.1. The molecule has 1 saturated heterocycles. The summed E-state index contributed by atoms with van der Waals surface area (Å²) in [7, 11) is 0. The van der Waals surface area contributed by atoms with Crippen LogP contribution in [0.3, 0.4) is 0 Å². The van der Waals surface area contributed by atoms with Gasteiger partial charge in [0.1, 0.15) is 16.7 Å². The molecule has 0 bridgehead atoms. The molecular weight excluding hydrogens is 484 g/mol. The van der Waals surface area contributed by atoms with Gasteiger partial charge in [0.05, 0.1) is 11.9 Å². The molecule has 1 aromatic rings. The lowest BCUT2D eigenvalue weighted by Gasteiger charge is -2.36. The molecular formula is C22H29BrN2O5S. The maximum Gasteiger partial charge on any atom is 0.426 e. The zero-order valence-corrected chi connectivity index (χ0v) is 21.1. The Hall–Kier alpha value is -1.58. The second-order valence-corrected chi connectivity index (χ2v) is 11.6. The van der Waals surface area contributed by atoms with Crippen LogP contribution in [-0.2, 0) is 19.7 Å². The molecule has 0 N–H and O–H groups in total. The highest BCUT2D eigenvalue weighted by Crippen LogP contribution is 2.49. The summed E-state index contributed by atoms with van der Waals surface area (Å²) in [6.45, 7) is 11.5. The minimum Gasteiger partial charge on any atom is -0.443 e. The van der Waals surface area contributed by atoms with Gasteiger partial charge >= 0.3 is 12.2 Å². The Bertz CT molecular complexity index is 865.